The Morgan fingerprint density at radius 3 is 2.61 bits per heavy atom. The molecule has 0 aromatic heterocycles. The summed E-state index contributed by atoms with van der Waals surface area (Å²) in [6, 6.07) is 0. The number of hydrogen-bond donors (Lipinski definition) is 1. The van der Waals surface area contributed by atoms with Crippen molar-refractivity contribution in [2.24, 2.45) is 11.7 Å². The van der Waals surface area contributed by atoms with Gasteiger partial charge in [0.05, 0.1) is 6.54 Å². The Labute approximate surface area is 109 Å². The summed E-state index contributed by atoms with van der Waals surface area (Å²) in [5.74, 6) is -0.181. The molecule has 1 amide bonds. The van der Waals surface area contributed by atoms with Crippen LogP contribution in [0, 0.1) is 5.92 Å². The molecule has 2 atom stereocenters. The van der Waals surface area contributed by atoms with Gasteiger partial charge in [-0.15, -0.1) is 0 Å². The fourth-order valence-corrected chi connectivity index (χ4v) is 2.34. The van der Waals surface area contributed by atoms with Gasteiger partial charge in [-0.3, -0.25) is 0 Å². The number of likely N-dealkylation sites (tertiary alicyclic amines) is 1. The van der Waals surface area contributed by atoms with E-state index in [1.54, 1.807) is 20.8 Å². The van der Waals surface area contributed by atoms with E-state index >= 15 is 0 Å². The molecule has 4 nitrogen and oxygen atoms in total. The van der Waals surface area contributed by atoms with Gasteiger partial charge in [0, 0.05) is 19.0 Å². The molecule has 0 aromatic rings. The highest BCUT2D eigenvalue weighted by Crippen LogP contribution is 2.34. The third-order valence-corrected chi connectivity index (χ3v) is 3.25. The van der Waals surface area contributed by atoms with Gasteiger partial charge in [-0.25, -0.2) is 9.18 Å². The zero-order valence-electron chi connectivity index (χ0n) is 11.8. The van der Waals surface area contributed by atoms with Crippen molar-refractivity contribution in [1.82, 2.24) is 4.90 Å². The number of halogens is 1. The van der Waals surface area contributed by atoms with Crippen LogP contribution >= 0.6 is 0 Å². The molecule has 0 spiro atoms. The van der Waals surface area contributed by atoms with Gasteiger partial charge >= 0.3 is 6.09 Å². The number of nitrogens with zero attached hydrogens (tertiary/aromatic N) is 1. The van der Waals surface area contributed by atoms with Crippen molar-refractivity contribution >= 4 is 6.09 Å². The van der Waals surface area contributed by atoms with Crippen molar-refractivity contribution in [2.75, 3.05) is 19.6 Å². The molecule has 18 heavy (non-hydrogen) atoms. The SMILES string of the molecule is CCC[C@H]1CN(C(=O)OC(C)(C)C)C[C@@]1(F)CN. The highest BCUT2D eigenvalue weighted by atomic mass is 19.1. The summed E-state index contributed by atoms with van der Waals surface area (Å²) < 4.78 is 19.8. The zero-order chi connectivity index (χ0) is 14.0. The normalized spacial score (nSPS) is 28.6. The molecule has 2 N–H and O–H groups in total. The molecular formula is C13H25FN2O2. The van der Waals surface area contributed by atoms with E-state index in [1.807, 2.05) is 6.92 Å². The molecule has 0 aliphatic carbocycles. The lowest BCUT2D eigenvalue weighted by atomic mass is 9.89. The van der Waals surface area contributed by atoms with Crippen molar-refractivity contribution in [2.45, 2.75) is 51.8 Å². The number of rotatable bonds is 3. The topological polar surface area (TPSA) is 55.6 Å². The van der Waals surface area contributed by atoms with Crippen molar-refractivity contribution in [3.63, 3.8) is 0 Å². The summed E-state index contributed by atoms with van der Waals surface area (Å²) in [5.41, 5.74) is 3.51. The van der Waals surface area contributed by atoms with Crippen LogP contribution in [-0.2, 0) is 4.74 Å². The monoisotopic (exact) mass is 260 g/mol. The van der Waals surface area contributed by atoms with E-state index < -0.39 is 17.4 Å². The number of hydrogen-bond acceptors (Lipinski definition) is 3. The number of alkyl halides is 1. The van der Waals surface area contributed by atoms with Crippen LogP contribution < -0.4 is 5.73 Å². The predicted octanol–water partition coefficient (Wildman–Crippen LogP) is 2.32. The van der Waals surface area contributed by atoms with Gasteiger partial charge in [-0.05, 0) is 27.2 Å². The highest BCUT2D eigenvalue weighted by molar-refractivity contribution is 5.68. The maximum atomic E-state index is 14.6. The summed E-state index contributed by atoms with van der Waals surface area (Å²) >= 11 is 0. The van der Waals surface area contributed by atoms with Crippen molar-refractivity contribution in [3.05, 3.63) is 0 Å². The summed E-state index contributed by atoms with van der Waals surface area (Å²) in [6.45, 7) is 7.81. The Hall–Kier alpha value is -0.840. The maximum Gasteiger partial charge on any atom is 0.410 e. The average molecular weight is 260 g/mol. The Bertz CT molecular complexity index is 304. The molecule has 0 unspecified atom stereocenters. The summed E-state index contributed by atoms with van der Waals surface area (Å²) in [4.78, 5) is 13.4. The van der Waals surface area contributed by atoms with Crippen LogP contribution in [0.4, 0.5) is 9.18 Å². The van der Waals surface area contributed by atoms with Gasteiger partial charge in [0.1, 0.15) is 11.3 Å². The van der Waals surface area contributed by atoms with E-state index in [0.717, 1.165) is 12.8 Å². The second-order valence-corrected chi connectivity index (χ2v) is 6.09. The molecule has 1 rings (SSSR count). The number of carbonyl (C=O) groups is 1. The molecule has 106 valence electrons. The van der Waals surface area contributed by atoms with E-state index in [4.69, 9.17) is 10.5 Å². The first-order valence-corrected chi connectivity index (χ1v) is 6.59. The number of nitrogens with two attached hydrogens (primary N) is 1. The van der Waals surface area contributed by atoms with Crippen LogP contribution in [0.3, 0.4) is 0 Å². The quantitative estimate of drug-likeness (QED) is 0.847. The molecule has 1 aliphatic heterocycles. The van der Waals surface area contributed by atoms with E-state index in [0.29, 0.717) is 6.54 Å². The van der Waals surface area contributed by atoms with E-state index in [-0.39, 0.29) is 19.0 Å². The largest absolute Gasteiger partial charge is 0.444 e. The zero-order valence-corrected chi connectivity index (χ0v) is 11.8. The van der Waals surface area contributed by atoms with Crippen LogP contribution in [0.2, 0.25) is 0 Å². The Kier molecular flexibility index (Phi) is 4.59. The molecule has 0 saturated carbocycles. The van der Waals surface area contributed by atoms with Crippen LogP contribution in [0.15, 0.2) is 0 Å². The summed E-state index contributed by atoms with van der Waals surface area (Å²) in [5, 5.41) is 0. The molecule has 1 saturated heterocycles. The summed E-state index contributed by atoms with van der Waals surface area (Å²) in [7, 11) is 0. The maximum absolute atomic E-state index is 14.6. The minimum atomic E-state index is -1.47. The predicted molar refractivity (Wildman–Crippen MR) is 69.1 cm³/mol. The molecule has 0 radical (unpaired) electrons. The fraction of sp³-hybridized carbons (Fsp3) is 0.923. The van der Waals surface area contributed by atoms with Crippen molar-refractivity contribution in [1.29, 1.82) is 0 Å². The van der Waals surface area contributed by atoms with Gasteiger partial charge in [-0.2, -0.15) is 0 Å². The fourth-order valence-electron chi connectivity index (χ4n) is 2.34. The van der Waals surface area contributed by atoms with E-state index in [2.05, 4.69) is 0 Å². The number of ether oxygens (including phenoxy) is 1. The van der Waals surface area contributed by atoms with Crippen LogP contribution in [0.25, 0.3) is 0 Å². The van der Waals surface area contributed by atoms with Gasteiger partial charge in [0.15, 0.2) is 0 Å². The van der Waals surface area contributed by atoms with Gasteiger partial charge in [0.2, 0.25) is 0 Å². The minimum absolute atomic E-state index is 0.0447. The first-order valence-electron chi connectivity index (χ1n) is 6.59. The first kappa shape index (κ1) is 15.2. The molecular weight excluding hydrogens is 235 g/mol. The van der Waals surface area contributed by atoms with Crippen LogP contribution in [-0.4, -0.2) is 41.9 Å². The lowest BCUT2D eigenvalue weighted by Gasteiger charge is -2.25. The highest BCUT2D eigenvalue weighted by Gasteiger charge is 2.48. The third-order valence-electron chi connectivity index (χ3n) is 3.25. The minimum Gasteiger partial charge on any atom is -0.444 e. The smallest absolute Gasteiger partial charge is 0.410 e. The second-order valence-electron chi connectivity index (χ2n) is 6.09. The molecule has 5 heteroatoms. The molecule has 0 aromatic carbocycles. The molecule has 1 aliphatic rings. The van der Waals surface area contributed by atoms with Crippen molar-refractivity contribution < 1.29 is 13.9 Å². The van der Waals surface area contributed by atoms with E-state index in [9.17, 15) is 9.18 Å². The second kappa shape index (κ2) is 5.43. The van der Waals surface area contributed by atoms with Gasteiger partial charge < -0.3 is 15.4 Å². The van der Waals surface area contributed by atoms with Crippen molar-refractivity contribution in [3.8, 4) is 0 Å². The van der Waals surface area contributed by atoms with Crippen LogP contribution in [0.5, 0.6) is 0 Å². The number of amides is 1. The van der Waals surface area contributed by atoms with Gasteiger partial charge in [0.25, 0.3) is 0 Å². The van der Waals surface area contributed by atoms with Gasteiger partial charge in [-0.1, -0.05) is 13.3 Å². The lowest BCUT2D eigenvalue weighted by Crippen LogP contribution is -2.42. The molecule has 0 bridgehead atoms. The molecule has 1 fully saturated rings. The standard InChI is InChI=1S/C13H25FN2O2/c1-5-6-10-7-16(9-13(10,14)8-15)11(17)18-12(2,3)4/h10H,5-9,15H2,1-4H3/t10-,13-/m0/s1. The Morgan fingerprint density at radius 2 is 2.17 bits per heavy atom. The first-order chi connectivity index (χ1) is 8.22. The van der Waals surface area contributed by atoms with E-state index in [1.165, 1.54) is 4.90 Å². The third kappa shape index (κ3) is 3.57. The Morgan fingerprint density at radius 1 is 1.56 bits per heavy atom. The number of carbonyl (C=O) groups excluding carboxylic acids is 1. The average Bonchev–Trinajstić information content (AvgIpc) is 2.56. The lowest BCUT2D eigenvalue weighted by molar-refractivity contribution is 0.0261. The summed E-state index contributed by atoms with van der Waals surface area (Å²) in [6.07, 6.45) is 1.18. The van der Waals surface area contributed by atoms with Crippen LogP contribution in [0.1, 0.15) is 40.5 Å². The Balaban J connectivity index is 2.69. The molecule has 1 heterocycles.